The average Bonchev–Trinajstić information content (AvgIpc) is 2.30. The third-order valence-corrected chi connectivity index (χ3v) is 2.72. The lowest BCUT2D eigenvalue weighted by Gasteiger charge is -1.87. The van der Waals surface area contributed by atoms with Gasteiger partial charge in [0.2, 0.25) is 5.70 Å². The highest BCUT2D eigenvalue weighted by atomic mass is 35.5. The topological polar surface area (TPSA) is 56.0 Å². The van der Waals surface area contributed by atoms with Crippen molar-refractivity contribution in [2.24, 2.45) is 0 Å². The van der Waals surface area contributed by atoms with Crippen LogP contribution in [0.25, 0.3) is 6.08 Å². The van der Waals surface area contributed by atoms with Gasteiger partial charge in [0, 0.05) is 13.0 Å². The van der Waals surface area contributed by atoms with Crippen LogP contribution in [0, 0.1) is 10.1 Å². The molecule has 0 saturated carbocycles. The molecule has 0 fully saturated rings. The third kappa shape index (κ3) is 2.65. The van der Waals surface area contributed by atoms with Crippen molar-refractivity contribution in [3.63, 3.8) is 0 Å². The van der Waals surface area contributed by atoms with E-state index in [0.717, 1.165) is 11.3 Å². The van der Waals surface area contributed by atoms with Crippen molar-refractivity contribution in [3.8, 4) is 0 Å². The molecule has 0 aromatic carbocycles. The smallest absolute Gasteiger partial charge is 0.244 e. The van der Waals surface area contributed by atoms with Gasteiger partial charge >= 0.3 is 0 Å². The fourth-order valence-corrected chi connectivity index (χ4v) is 1.98. The number of aromatic nitrogens is 1. The van der Waals surface area contributed by atoms with Gasteiger partial charge in [-0.05, 0) is 0 Å². The first-order valence-corrected chi connectivity index (χ1v) is 4.72. The normalized spacial score (nSPS) is 11.8. The number of halogens is 2. The highest BCUT2D eigenvalue weighted by Crippen LogP contribution is 2.28. The number of hydrogen-bond donors (Lipinski definition) is 0. The van der Waals surface area contributed by atoms with Crippen LogP contribution in [0.2, 0.25) is 9.62 Å². The van der Waals surface area contributed by atoms with Crippen LogP contribution in [0.15, 0.2) is 5.70 Å². The number of rotatable bonds is 2. The molecule has 1 aromatic heterocycles. The van der Waals surface area contributed by atoms with Crippen LogP contribution in [-0.4, -0.2) is 9.91 Å². The molecule has 0 amide bonds. The quantitative estimate of drug-likeness (QED) is 0.588. The van der Waals surface area contributed by atoms with Crippen LogP contribution in [0.3, 0.4) is 0 Å². The summed E-state index contributed by atoms with van der Waals surface area (Å²) in [4.78, 5) is 14.0. The standard InChI is InChI=1S/C6H4Cl2N2O2S/c1-3(10(11)12)2-4-5(7)9-6(8)13-4/h2H,1H3. The van der Waals surface area contributed by atoms with Crippen molar-refractivity contribution in [3.05, 3.63) is 30.3 Å². The monoisotopic (exact) mass is 238 g/mol. The lowest BCUT2D eigenvalue weighted by molar-refractivity contribution is -0.422. The third-order valence-electron chi connectivity index (χ3n) is 1.21. The van der Waals surface area contributed by atoms with Gasteiger partial charge in [-0.15, -0.1) is 11.3 Å². The molecular weight excluding hydrogens is 235 g/mol. The van der Waals surface area contributed by atoms with E-state index in [-0.39, 0.29) is 15.3 Å². The van der Waals surface area contributed by atoms with Gasteiger partial charge in [0.1, 0.15) is 5.15 Å². The fraction of sp³-hybridized carbons (Fsp3) is 0.167. The van der Waals surface area contributed by atoms with Crippen molar-refractivity contribution >= 4 is 40.6 Å². The Hall–Kier alpha value is -0.650. The SMILES string of the molecule is CC(=Cc1sc(Cl)nc1Cl)[N+](=O)[O-]. The predicted molar refractivity (Wildman–Crippen MR) is 52.8 cm³/mol. The zero-order chi connectivity index (χ0) is 10.0. The molecule has 0 spiro atoms. The van der Waals surface area contributed by atoms with Crippen LogP contribution in [0.4, 0.5) is 0 Å². The first kappa shape index (κ1) is 10.4. The van der Waals surface area contributed by atoms with Crippen LogP contribution in [0.1, 0.15) is 11.8 Å². The maximum absolute atomic E-state index is 10.3. The second-order valence-corrected chi connectivity index (χ2v) is 4.14. The van der Waals surface area contributed by atoms with E-state index in [2.05, 4.69) is 4.98 Å². The summed E-state index contributed by atoms with van der Waals surface area (Å²) in [5.74, 6) is 0. The minimum absolute atomic E-state index is 0.00205. The van der Waals surface area contributed by atoms with E-state index in [9.17, 15) is 10.1 Å². The summed E-state index contributed by atoms with van der Waals surface area (Å²) in [5.41, 5.74) is 0.00205. The Morgan fingerprint density at radius 2 is 2.31 bits per heavy atom. The van der Waals surface area contributed by atoms with Crippen molar-refractivity contribution in [2.45, 2.75) is 6.92 Å². The molecule has 0 N–H and O–H groups in total. The Balaban J connectivity index is 3.03. The van der Waals surface area contributed by atoms with Crippen molar-refractivity contribution in [1.82, 2.24) is 4.98 Å². The highest BCUT2D eigenvalue weighted by molar-refractivity contribution is 7.17. The zero-order valence-corrected chi connectivity index (χ0v) is 8.78. The fourth-order valence-electron chi connectivity index (χ4n) is 0.619. The maximum atomic E-state index is 10.3. The van der Waals surface area contributed by atoms with Gasteiger partial charge in [-0.2, -0.15) is 0 Å². The molecule has 0 aliphatic heterocycles. The van der Waals surface area contributed by atoms with E-state index in [0.29, 0.717) is 4.88 Å². The summed E-state index contributed by atoms with van der Waals surface area (Å²) in [6, 6.07) is 0. The Labute approximate surface area is 88.0 Å². The van der Waals surface area contributed by atoms with E-state index in [4.69, 9.17) is 23.2 Å². The van der Waals surface area contributed by atoms with Crippen molar-refractivity contribution < 1.29 is 4.92 Å². The Morgan fingerprint density at radius 1 is 1.69 bits per heavy atom. The lowest BCUT2D eigenvalue weighted by atomic mass is 10.4. The zero-order valence-electron chi connectivity index (χ0n) is 6.45. The molecular formula is C6H4Cl2N2O2S. The molecule has 4 nitrogen and oxygen atoms in total. The maximum Gasteiger partial charge on any atom is 0.244 e. The summed E-state index contributed by atoms with van der Waals surface area (Å²) in [6.07, 6.45) is 1.34. The molecule has 13 heavy (non-hydrogen) atoms. The molecule has 70 valence electrons. The number of nitrogens with zero attached hydrogens (tertiary/aromatic N) is 2. The molecule has 0 radical (unpaired) electrons. The molecule has 0 saturated heterocycles. The Bertz CT molecular complexity index is 375. The molecule has 0 bridgehead atoms. The van der Waals surface area contributed by atoms with E-state index < -0.39 is 4.92 Å². The second kappa shape index (κ2) is 4.04. The van der Waals surface area contributed by atoms with Gasteiger partial charge in [-0.1, -0.05) is 23.2 Å². The van der Waals surface area contributed by atoms with Crippen LogP contribution >= 0.6 is 34.5 Å². The number of hydrogen-bond acceptors (Lipinski definition) is 4. The molecule has 1 rings (SSSR count). The Morgan fingerprint density at radius 3 is 2.69 bits per heavy atom. The predicted octanol–water partition coefficient (Wildman–Crippen LogP) is 3.09. The highest BCUT2D eigenvalue weighted by Gasteiger charge is 2.09. The molecule has 0 aliphatic carbocycles. The van der Waals surface area contributed by atoms with Gasteiger partial charge in [0.05, 0.1) is 9.80 Å². The largest absolute Gasteiger partial charge is 0.259 e. The van der Waals surface area contributed by atoms with Crippen LogP contribution in [-0.2, 0) is 0 Å². The molecule has 0 atom stereocenters. The van der Waals surface area contributed by atoms with Gasteiger partial charge in [-0.25, -0.2) is 4.98 Å². The van der Waals surface area contributed by atoms with Crippen molar-refractivity contribution in [2.75, 3.05) is 0 Å². The molecule has 7 heteroatoms. The first-order valence-electron chi connectivity index (χ1n) is 3.15. The summed E-state index contributed by atoms with van der Waals surface area (Å²) >= 11 is 12.3. The van der Waals surface area contributed by atoms with Gasteiger partial charge in [0.25, 0.3) is 0 Å². The van der Waals surface area contributed by atoms with Gasteiger partial charge < -0.3 is 0 Å². The summed E-state index contributed by atoms with van der Waals surface area (Å²) in [6.45, 7) is 1.38. The van der Waals surface area contributed by atoms with Gasteiger partial charge in [0.15, 0.2) is 4.47 Å². The minimum Gasteiger partial charge on any atom is -0.259 e. The average molecular weight is 239 g/mol. The summed E-state index contributed by atoms with van der Waals surface area (Å²) in [5, 5.41) is 10.5. The van der Waals surface area contributed by atoms with Crippen molar-refractivity contribution in [1.29, 1.82) is 0 Å². The second-order valence-electron chi connectivity index (χ2n) is 2.16. The Kier molecular flexibility index (Phi) is 3.24. The van der Waals surface area contributed by atoms with E-state index in [1.807, 2.05) is 0 Å². The van der Waals surface area contributed by atoms with Crippen LogP contribution < -0.4 is 0 Å². The number of thiazole rings is 1. The van der Waals surface area contributed by atoms with E-state index in [1.54, 1.807) is 0 Å². The molecule has 0 unspecified atom stereocenters. The first-order chi connectivity index (χ1) is 6.00. The number of allylic oxidation sites excluding steroid dienone is 1. The van der Waals surface area contributed by atoms with E-state index >= 15 is 0 Å². The molecule has 1 heterocycles. The van der Waals surface area contributed by atoms with Gasteiger partial charge in [-0.3, -0.25) is 10.1 Å². The molecule has 1 aromatic rings. The lowest BCUT2D eigenvalue weighted by Crippen LogP contribution is -1.92. The number of nitro groups is 1. The summed E-state index contributed by atoms with van der Waals surface area (Å²) in [7, 11) is 0. The molecule has 0 aliphatic rings. The van der Waals surface area contributed by atoms with E-state index in [1.165, 1.54) is 13.0 Å². The minimum atomic E-state index is -0.496. The van der Waals surface area contributed by atoms with Crippen LogP contribution in [0.5, 0.6) is 0 Å². The summed E-state index contributed by atoms with van der Waals surface area (Å²) < 4.78 is 0.271.